The molecule has 1 aromatic carbocycles. The molecule has 76 valence electrons. The van der Waals surface area contributed by atoms with E-state index < -0.39 is 11.6 Å². The minimum Gasteiger partial charge on any atom is -0.478 e. The van der Waals surface area contributed by atoms with Crippen LogP contribution in [0.4, 0.5) is 0 Å². The van der Waals surface area contributed by atoms with Crippen molar-refractivity contribution in [2.45, 2.75) is 18.4 Å². The Bertz CT molecular complexity index is 426. The first kappa shape index (κ1) is 9.53. The zero-order chi connectivity index (χ0) is 10.9. The smallest absolute Gasteiger partial charge is 0.348 e. The molecule has 0 unspecified atom stereocenters. The average Bonchev–Trinajstić information content (AvgIpc) is 3.00. The maximum Gasteiger partial charge on any atom is 0.348 e. The Hall–Kier alpha value is -2.02. The number of nitriles is 1. The van der Waals surface area contributed by atoms with Crippen molar-refractivity contribution in [3.8, 4) is 11.8 Å². The molecule has 0 amide bonds. The number of rotatable bonds is 3. The molecule has 15 heavy (non-hydrogen) atoms. The molecule has 1 aliphatic carbocycles. The Morgan fingerprint density at radius 3 is 2.40 bits per heavy atom. The summed E-state index contributed by atoms with van der Waals surface area (Å²) in [5, 5.41) is 17.5. The van der Waals surface area contributed by atoms with Crippen molar-refractivity contribution >= 4 is 5.97 Å². The lowest BCUT2D eigenvalue weighted by Gasteiger charge is -2.12. The van der Waals surface area contributed by atoms with Crippen LogP contribution in [0.2, 0.25) is 0 Å². The van der Waals surface area contributed by atoms with Crippen molar-refractivity contribution in [3.63, 3.8) is 0 Å². The Balaban J connectivity index is 2.12. The highest BCUT2D eigenvalue weighted by atomic mass is 16.5. The van der Waals surface area contributed by atoms with E-state index in [0.717, 1.165) is 0 Å². The van der Waals surface area contributed by atoms with Crippen molar-refractivity contribution in [3.05, 3.63) is 29.8 Å². The third-order valence-electron chi connectivity index (χ3n) is 2.39. The van der Waals surface area contributed by atoms with Crippen molar-refractivity contribution < 1.29 is 14.6 Å². The lowest BCUT2D eigenvalue weighted by Crippen LogP contribution is -2.28. The standard InChI is InChI=1S/C11H9NO3/c12-7-8-1-3-9(4-2-8)15-11(5-6-11)10(13)14/h1-4H,5-6H2,(H,13,14). The molecular formula is C11H9NO3. The lowest BCUT2D eigenvalue weighted by atomic mass is 10.2. The number of carboxylic acid groups (broad SMARTS) is 1. The number of carbonyl (C=O) groups is 1. The highest BCUT2D eigenvalue weighted by Crippen LogP contribution is 2.40. The fourth-order valence-corrected chi connectivity index (χ4v) is 1.30. The van der Waals surface area contributed by atoms with Gasteiger partial charge in [0.2, 0.25) is 5.60 Å². The minimum absolute atomic E-state index is 0.494. The summed E-state index contributed by atoms with van der Waals surface area (Å²) in [5.74, 6) is -0.430. The van der Waals surface area contributed by atoms with E-state index in [-0.39, 0.29) is 0 Å². The maximum atomic E-state index is 10.8. The molecule has 1 N–H and O–H groups in total. The summed E-state index contributed by atoms with van der Waals surface area (Å²) in [4.78, 5) is 10.8. The number of ether oxygens (including phenoxy) is 1. The zero-order valence-corrected chi connectivity index (χ0v) is 7.93. The van der Waals surface area contributed by atoms with Crippen LogP contribution >= 0.6 is 0 Å². The molecule has 0 radical (unpaired) electrons. The van der Waals surface area contributed by atoms with Crippen LogP contribution in [-0.2, 0) is 4.79 Å². The fourth-order valence-electron chi connectivity index (χ4n) is 1.30. The number of nitrogens with zero attached hydrogens (tertiary/aromatic N) is 1. The molecular weight excluding hydrogens is 194 g/mol. The number of benzene rings is 1. The predicted molar refractivity (Wildman–Crippen MR) is 51.4 cm³/mol. The molecule has 4 nitrogen and oxygen atoms in total. The lowest BCUT2D eigenvalue weighted by molar-refractivity contribution is -0.147. The third kappa shape index (κ3) is 1.77. The summed E-state index contributed by atoms with van der Waals surface area (Å²) in [6, 6.07) is 8.42. The van der Waals surface area contributed by atoms with Gasteiger partial charge in [0.15, 0.2) is 0 Å². The van der Waals surface area contributed by atoms with E-state index in [2.05, 4.69) is 0 Å². The Kier molecular flexibility index (Phi) is 2.09. The Morgan fingerprint density at radius 1 is 1.40 bits per heavy atom. The second kappa shape index (κ2) is 3.28. The second-order valence-corrected chi connectivity index (χ2v) is 3.54. The molecule has 1 aliphatic rings. The molecule has 4 heteroatoms. The van der Waals surface area contributed by atoms with E-state index in [1.807, 2.05) is 6.07 Å². The molecule has 0 atom stereocenters. The summed E-state index contributed by atoms with van der Waals surface area (Å²) in [6.07, 6.45) is 1.09. The van der Waals surface area contributed by atoms with Crippen LogP contribution in [0.5, 0.6) is 5.75 Å². The van der Waals surface area contributed by atoms with Gasteiger partial charge >= 0.3 is 5.97 Å². The van der Waals surface area contributed by atoms with Gasteiger partial charge in [-0.25, -0.2) is 4.79 Å². The number of aliphatic carboxylic acids is 1. The fraction of sp³-hybridized carbons (Fsp3) is 0.273. The average molecular weight is 203 g/mol. The van der Waals surface area contributed by atoms with Gasteiger partial charge in [-0.05, 0) is 24.3 Å². The van der Waals surface area contributed by atoms with Crippen LogP contribution in [0.15, 0.2) is 24.3 Å². The predicted octanol–water partition coefficient (Wildman–Crippen LogP) is 1.55. The van der Waals surface area contributed by atoms with Crippen molar-refractivity contribution in [1.29, 1.82) is 5.26 Å². The first-order valence-corrected chi connectivity index (χ1v) is 4.59. The summed E-state index contributed by atoms with van der Waals surface area (Å²) in [5.41, 5.74) is -0.490. The number of carboxylic acids is 1. The van der Waals surface area contributed by atoms with Gasteiger partial charge in [-0.1, -0.05) is 0 Å². The van der Waals surface area contributed by atoms with E-state index in [9.17, 15) is 4.79 Å². The van der Waals surface area contributed by atoms with Gasteiger partial charge < -0.3 is 9.84 Å². The Labute approximate surface area is 86.7 Å². The van der Waals surface area contributed by atoms with Crippen molar-refractivity contribution in [2.24, 2.45) is 0 Å². The van der Waals surface area contributed by atoms with Gasteiger partial charge in [0.1, 0.15) is 5.75 Å². The van der Waals surface area contributed by atoms with Gasteiger partial charge in [0.25, 0.3) is 0 Å². The first-order chi connectivity index (χ1) is 7.16. The zero-order valence-electron chi connectivity index (χ0n) is 7.93. The van der Waals surface area contributed by atoms with Crippen LogP contribution in [0, 0.1) is 11.3 Å². The molecule has 0 bridgehead atoms. The molecule has 1 saturated carbocycles. The molecule has 0 aliphatic heterocycles. The highest BCUT2D eigenvalue weighted by Gasteiger charge is 2.53. The largest absolute Gasteiger partial charge is 0.478 e. The van der Waals surface area contributed by atoms with Crippen LogP contribution < -0.4 is 4.74 Å². The summed E-state index contributed by atoms with van der Waals surface area (Å²) in [7, 11) is 0. The second-order valence-electron chi connectivity index (χ2n) is 3.54. The van der Waals surface area contributed by atoms with Gasteiger partial charge in [0, 0.05) is 12.8 Å². The number of hydrogen-bond donors (Lipinski definition) is 1. The topological polar surface area (TPSA) is 70.3 Å². The van der Waals surface area contributed by atoms with Gasteiger partial charge in [0.05, 0.1) is 11.6 Å². The molecule has 0 saturated heterocycles. The van der Waals surface area contributed by atoms with E-state index in [4.69, 9.17) is 15.1 Å². The molecule has 0 aromatic heterocycles. The van der Waals surface area contributed by atoms with Gasteiger partial charge in [-0.3, -0.25) is 0 Å². The summed E-state index contributed by atoms with van der Waals surface area (Å²) >= 11 is 0. The Morgan fingerprint density at radius 2 is 2.00 bits per heavy atom. The van der Waals surface area contributed by atoms with Crippen LogP contribution in [0.3, 0.4) is 0 Å². The van der Waals surface area contributed by atoms with E-state index in [1.165, 1.54) is 0 Å². The minimum atomic E-state index is -1.02. The molecule has 0 spiro atoms. The molecule has 1 aromatic rings. The van der Waals surface area contributed by atoms with Crippen LogP contribution in [-0.4, -0.2) is 16.7 Å². The molecule has 1 fully saturated rings. The monoisotopic (exact) mass is 203 g/mol. The quantitative estimate of drug-likeness (QED) is 0.809. The normalized spacial score (nSPS) is 16.5. The van der Waals surface area contributed by atoms with Crippen molar-refractivity contribution in [1.82, 2.24) is 0 Å². The molecule has 0 heterocycles. The summed E-state index contributed by atoms with van der Waals surface area (Å²) in [6.45, 7) is 0. The highest BCUT2D eigenvalue weighted by molar-refractivity contribution is 5.81. The summed E-state index contributed by atoms with van der Waals surface area (Å²) < 4.78 is 5.36. The third-order valence-corrected chi connectivity index (χ3v) is 2.39. The number of hydrogen-bond acceptors (Lipinski definition) is 3. The van der Waals surface area contributed by atoms with Gasteiger partial charge in [-0.15, -0.1) is 0 Å². The van der Waals surface area contributed by atoms with Crippen LogP contribution in [0.25, 0.3) is 0 Å². The van der Waals surface area contributed by atoms with Gasteiger partial charge in [-0.2, -0.15) is 5.26 Å². The van der Waals surface area contributed by atoms with Crippen LogP contribution in [0.1, 0.15) is 18.4 Å². The molecule has 2 rings (SSSR count). The van der Waals surface area contributed by atoms with E-state index >= 15 is 0 Å². The van der Waals surface area contributed by atoms with E-state index in [0.29, 0.717) is 24.2 Å². The maximum absolute atomic E-state index is 10.8. The van der Waals surface area contributed by atoms with Crippen molar-refractivity contribution in [2.75, 3.05) is 0 Å². The SMILES string of the molecule is N#Cc1ccc(OC2(C(=O)O)CC2)cc1. The first-order valence-electron chi connectivity index (χ1n) is 4.59. The van der Waals surface area contributed by atoms with E-state index in [1.54, 1.807) is 24.3 Å².